The van der Waals surface area contributed by atoms with Gasteiger partial charge in [-0.25, -0.2) is 0 Å². The number of carbonyl (C=O) groups excluding carboxylic acids is 2. The molecule has 28 heavy (non-hydrogen) atoms. The zero-order valence-corrected chi connectivity index (χ0v) is 17.0. The molecule has 0 fully saturated rings. The first-order valence-electron chi connectivity index (χ1n) is 8.45. The molecule has 0 radical (unpaired) electrons. The van der Waals surface area contributed by atoms with Crippen LogP contribution < -0.4 is 20.1 Å². The molecule has 0 aliphatic carbocycles. The molecule has 0 saturated heterocycles. The van der Waals surface area contributed by atoms with Crippen LogP contribution in [0.4, 0.5) is 5.69 Å². The van der Waals surface area contributed by atoms with Crippen molar-refractivity contribution in [1.82, 2.24) is 5.32 Å². The number of hydrogen-bond donors (Lipinski definition) is 2. The van der Waals surface area contributed by atoms with Crippen LogP contribution in [0.3, 0.4) is 0 Å². The average molecular weight is 445 g/mol. The first kappa shape index (κ1) is 21.2. The Balaban J connectivity index is 1.86. The van der Waals surface area contributed by atoms with Gasteiger partial charge in [-0.1, -0.05) is 34.7 Å². The van der Waals surface area contributed by atoms with Crippen molar-refractivity contribution in [3.8, 4) is 11.5 Å². The highest BCUT2D eigenvalue weighted by molar-refractivity contribution is 9.10. The highest BCUT2D eigenvalue weighted by Crippen LogP contribution is 2.28. The summed E-state index contributed by atoms with van der Waals surface area (Å²) in [6, 6.07) is 12.5. The smallest absolute Gasteiger partial charge is 0.244 e. The summed E-state index contributed by atoms with van der Waals surface area (Å²) < 4.78 is 11.7. The zero-order valence-electron chi connectivity index (χ0n) is 15.4. The van der Waals surface area contributed by atoms with Gasteiger partial charge in [-0.15, -0.1) is 0 Å². The Kier molecular flexibility index (Phi) is 8.30. The molecule has 6 nitrogen and oxygen atoms in total. The number of amides is 2. The second-order valence-corrected chi connectivity index (χ2v) is 6.53. The normalized spacial score (nSPS) is 10.4. The van der Waals surface area contributed by atoms with Gasteiger partial charge in [0.1, 0.15) is 6.61 Å². The van der Waals surface area contributed by atoms with E-state index in [0.717, 1.165) is 10.0 Å². The molecule has 2 amide bonds. The highest BCUT2D eigenvalue weighted by Gasteiger charge is 2.06. The lowest BCUT2D eigenvalue weighted by Gasteiger charge is -2.09. The minimum atomic E-state index is -0.378. The molecule has 2 aromatic rings. The zero-order chi connectivity index (χ0) is 20.4. The fraction of sp³-hybridized carbons (Fsp3) is 0.143. The molecule has 146 valence electrons. The van der Waals surface area contributed by atoms with Crippen molar-refractivity contribution in [3.05, 3.63) is 71.2 Å². The summed E-state index contributed by atoms with van der Waals surface area (Å²) in [5.74, 6) is 0.457. The molecule has 0 heterocycles. The summed E-state index contributed by atoms with van der Waals surface area (Å²) in [7, 11) is 1.54. The van der Waals surface area contributed by atoms with E-state index in [4.69, 9.17) is 9.47 Å². The SMILES string of the molecule is C=CCOc1ccc(/C=C/C(=O)NCC(=O)Nc2ccc(Br)cc2)cc1OC. The third kappa shape index (κ3) is 6.92. The number of halogens is 1. The molecule has 2 N–H and O–H groups in total. The maximum absolute atomic E-state index is 11.9. The van der Waals surface area contributed by atoms with E-state index in [9.17, 15) is 9.59 Å². The number of methoxy groups -OCH3 is 1. The molecule has 0 unspecified atom stereocenters. The molecule has 0 bridgehead atoms. The second kappa shape index (κ2) is 10.9. The van der Waals surface area contributed by atoms with E-state index in [2.05, 4.69) is 33.1 Å². The van der Waals surface area contributed by atoms with E-state index >= 15 is 0 Å². The van der Waals surface area contributed by atoms with Crippen molar-refractivity contribution < 1.29 is 19.1 Å². The van der Waals surface area contributed by atoms with Crippen LogP contribution in [0.25, 0.3) is 6.08 Å². The van der Waals surface area contributed by atoms with Crippen molar-refractivity contribution >= 4 is 39.5 Å². The highest BCUT2D eigenvalue weighted by atomic mass is 79.9. The molecule has 2 aromatic carbocycles. The number of nitrogens with one attached hydrogen (secondary N) is 2. The number of rotatable bonds is 9. The number of carbonyl (C=O) groups is 2. The van der Waals surface area contributed by atoms with Gasteiger partial charge < -0.3 is 20.1 Å². The van der Waals surface area contributed by atoms with Gasteiger partial charge in [-0.2, -0.15) is 0 Å². The summed E-state index contributed by atoms with van der Waals surface area (Å²) in [5.41, 5.74) is 1.42. The summed E-state index contributed by atoms with van der Waals surface area (Å²) in [4.78, 5) is 23.8. The quantitative estimate of drug-likeness (QED) is 0.455. The van der Waals surface area contributed by atoms with E-state index in [0.29, 0.717) is 23.8 Å². The van der Waals surface area contributed by atoms with E-state index in [1.54, 1.807) is 49.6 Å². The summed E-state index contributed by atoms with van der Waals surface area (Å²) >= 11 is 3.33. The standard InChI is InChI=1S/C21H21BrN2O4/c1-3-12-28-18-10-4-15(13-19(18)27-2)5-11-20(25)23-14-21(26)24-17-8-6-16(22)7-9-17/h3-11,13H,1,12,14H2,2H3,(H,23,25)(H,24,26)/b11-5+. The number of ether oxygens (including phenoxy) is 2. The number of anilines is 1. The van der Waals surface area contributed by atoms with E-state index in [1.807, 2.05) is 12.1 Å². The second-order valence-electron chi connectivity index (χ2n) is 5.62. The predicted molar refractivity (Wildman–Crippen MR) is 114 cm³/mol. The lowest BCUT2D eigenvalue weighted by Crippen LogP contribution is -2.31. The van der Waals surface area contributed by atoms with Crippen LogP contribution in [0, 0.1) is 0 Å². The van der Waals surface area contributed by atoms with Gasteiger partial charge in [0.05, 0.1) is 13.7 Å². The van der Waals surface area contributed by atoms with E-state index < -0.39 is 0 Å². The van der Waals surface area contributed by atoms with Crippen molar-refractivity contribution in [3.63, 3.8) is 0 Å². The van der Waals surface area contributed by atoms with Crippen LogP contribution in [-0.4, -0.2) is 32.1 Å². The molecule has 2 rings (SSSR count). The van der Waals surface area contributed by atoms with E-state index in [1.165, 1.54) is 6.08 Å². The number of hydrogen-bond acceptors (Lipinski definition) is 4. The monoisotopic (exact) mass is 444 g/mol. The Morgan fingerprint density at radius 3 is 2.57 bits per heavy atom. The van der Waals surface area contributed by atoms with E-state index in [-0.39, 0.29) is 18.4 Å². The van der Waals surface area contributed by atoms with Gasteiger partial charge in [0.25, 0.3) is 0 Å². The summed E-state index contributed by atoms with van der Waals surface area (Å²) in [6.07, 6.45) is 4.62. The van der Waals surface area contributed by atoms with Crippen LogP contribution in [0.1, 0.15) is 5.56 Å². The third-order valence-electron chi connectivity index (χ3n) is 3.52. The molecule has 7 heteroatoms. The lowest BCUT2D eigenvalue weighted by atomic mass is 10.2. The maximum Gasteiger partial charge on any atom is 0.244 e. The molecule has 0 saturated carbocycles. The molecule has 0 aromatic heterocycles. The van der Waals surface area contributed by atoms with Crippen LogP contribution in [0.15, 0.2) is 65.7 Å². The van der Waals surface area contributed by atoms with Crippen molar-refractivity contribution in [1.29, 1.82) is 0 Å². The largest absolute Gasteiger partial charge is 0.493 e. The average Bonchev–Trinajstić information content (AvgIpc) is 2.71. The Hall–Kier alpha value is -3.06. The molecule has 0 atom stereocenters. The molecular weight excluding hydrogens is 424 g/mol. The predicted octanol–water partition coefficient (Wildman–Crippen LogP) is 3.79. The molecule has 0 spiro atoms. The minimum Gasteiger partial charge on any atom is -0.493 e. The first-order valence-corrected chi connectivity index (χ1v) is 9.24. The first-order chi connectivity index (χ1) is 13.5. The van der Waals surface area contributed by atoms with Crippen molar-refractivity contribution in [2.45, 2.75) is 0 Å². The Bertz CT molecular complexity index is 863. The van der Waals surface area contributed by atoms with Crippen LogP contribution in [-0.2, 0) is 9.59 Å². The van der Waals surface area contributed by atoms with Gasteiger partial charge >= 0.3 is 0 Å². The summed E-state index contributed by atoms with van der Waals surface area (Å²) in [5, 5.41) is 5.24. The molecule has 0 aliphatic heterocycles. The fourth-order valence-electron chi connectivity index (χ4n) is 2.19. The van der Waals surface area contributed by atoms with Crippen LogP contribution in [0.2, 0.25) is 0 Å². The maximum atomic E-state index is 11.9. The van der Waals surface area contributed by atoms with Crippen LogP contribution in [0.5, 0.6) is 11.5 Å². The van der Waals surface area contributed by atoms with Gasteiger partial charge in [-0.05, 0) is 48.0 Å². The Morgan fingerprint density at radius 2 is 1.89 bits per heavy atom. The lowest BCUT2D eigenvalue weighted by molar-refractivity contribution is -0.121. The Labute approximate surface area is 172 Å². The van der Waals surface area contributed by atoms with Gasteiger partial charge in [-0.3, -0.25) is 9.59 Å². The Morgan fingerprint density at radius 1 is 1.14 bits per heavy atom. The van der Waals surface area contributed by atoms with Crippen molar-refractivity contribution in [2.75, 3.05) is 25.6 Å². The van der Waals surface area contributed by atoms with Gasteiger partial charge in [0, 0.05) is 16.2 Å². The van der Waals surface area contributed by atoms with Gasteiger partial charge in [0.15, 0.2) is 11.5 Å². The molecule has 0 aliphatic rings. The third-order valence-corrected chi connectivity index (χ3v) is 4.05. The number of benzene rings is 2. The minimum absolute atomic E-state index is 0.128. The topological polar surface area (TPSA) is 76.7 Å². The molecular formula is C21H21BrN2O4. The van der Waals surface area contributed by atoms with Gasteiger partial charge in [0.2, 0.25) is 11.8 Å². The van der Waals surface area contributed by atoms with Crippen LogP contribution >= 0.6 is 15.9 Å². The fourth-order valence-corrected chi connectivity index (χ4v) is 2.46. The summed E-state index contributed by atoms with van der Waals surface area (Å²) in [6.45, 7) is 3.85. The van der Waals surface area contributed by atoms with Crippen molar-refractivity contribution in [2.24, 2.45) is 0 Å².